The van der Waals surface area contributed by atoms with E-state index in [0.717, 1.165) is 24.3 Å². The van der Waals surface area contributed by atoms with E-state index in [1.807, 2.05) is 12.1 Å². The maximum atomic E-state index is 12.3. The summed E-state index contributed by atoms with van der Waals surface area (Å²) in [6.07, 6.45) is 8.74. The normalized spacial score (nSPS) is 24.3. The molecule has 1 aliphatic carbocycles. The minimum Gasteiger partial charge on any atom is -0.497 e. The second kappa shape index (κ2) is 8.39. The summed E-state index contributed by atoms with van der Waals surface area (Å²) in [5.74, 6) is 2.61. The maximum absolute atomic E-state index is 12.3. The van der Waals surface area contributed by atoms with Crippen LogP contribution in [0.2, 0.25) is 0 Å². The largest absolute Gasteiger partial charge is 0.497 e. The molecule has 0 radical (unpaired) electrons. The van der Waals surface area contributed by atoms with Crippen LogP contribution in [0.5, 0.6) is 11.5 Å². The fraction of sp³-hybridized carbons (Fsp3) is 0.524. The van der Waals surface area contributed by atoms with Crippen LogP contribution in [-0.2, 0) is 9.53 Å². The zero-order chi connectivity index (χ0) is 18.5. The predicted molar refractivity (Wildman–Crippen MR) is 101 cm³/mol. The van der Waals surface area contributed by atoms with Crippen LogP contribution in [0.25, 0.3) is 6.08 Å². The third-order valence-corrected chi connectivity index (χ3v) is 5.26. The van der Waals surface area contributed by atoms with Gasteiger partial charge >= 0.3 is 5.97 Å². The van der Waals surface area contributed by atoms with Gasteiger partial charge in [0.25, 0.3) is 0 Å². The van der Waals surface area contributed by atoms with Gasteiger partial charge in [-0.1, -0.05) is 19.8 Å². The van der Waals surface area contributed by atoms with Gasteiger partial charge < -0.3 is 14.2 Å². The number of benzene rings is 1. The van der Waals surface area contributed by atoms with Crippen LogP contribution in [0.15, 0.2) is 28.9 Å². The van der Waals surface area contributed by atoms with Crippen LogP contribution in [0.1, 0.15) is 51.0 Å². The lowest BCUT2D eigenvalue weighted by Crippen LogP contribution is -2.22. The number of hydrogen-bond donors (Lipinski definition) is 0. The van der Waals surface area contributed by atoms with Crippen molar-refractivity contribution in [2.75, 3.05) is 14.2 Å². The van der Waals surface area contributed by atoms with E-state index in [9.17, 15) is 4.79 Å². The van der Waals surface area contributed by atoms with E-state index < -0.39 is 0 Å². The topological polar surface area (TPSA) is 57.1 Å². The van der Waals surface area contributed by atoms with Crippen LogP contribution >= 0.6 is 0 Å². The highest BCUT2D eigenvalue weighted by atomic mass is 16.6. The Bertz CT molecular complexity index is 715. The zero-order valence-corrected chi connectivity index (χ0v) is 15.8. The second-order valence-electron chi connectivity index (χ2n) is 6.98. The third kappa shape index (κ3) is 4.09. The standard InChI is InChI=1S/C21H27NO4/c1-4-5-14-6-8-15(9-7-14)20-22-18(21(23)26-20)12-16-10-11-17(24-2)13-19(16)25-3/h10-15H,4-9H2,1-3H3/b18-12+. The molecule has 0 saturated heterocycles. The molecule has 0 spiro atoms. The van der Waals surface area contributed by atoms with Crippen molar-refractivity contribution in [2.24, 2.45) is 16.8 Å². The molecular formula is C21H27NO4. The number of hydrogen-bond acceptors (Lipinski definition) is 5. The number of rotatable bonds is 6. The first-order valence-electron chi connectivity index (χ1n) is 9.39. The molecule has 0 bridgehead atoms. The number of ether oxygens (including phenoxy) is 3. The summed E-state index contributed by atoms with van der Waals surface area (Å²) in [5, 5.41) is 0. The monoisotopic (exact) mass is 357 g/mol. The highest BCUT2D eigenvalue weighted by Gasteiger charge is 2.32. The summed E-state index contributed by atoms with van der Waals surface area (Å²) in [5.41, 5.74) is 1.11. The summed E-state index contributed by atoms with van der Waals surface area (Å²) in [4.78, 5) is 16.7. The molecule has 5 heteroatoms. The van der Waals surface area contributed by atoms with E-state index in [2.05, 4.69) is 11.9 Å². The number of nitrogens with zero attached hydrogens (tertiary/aromatic N) is 1. The molecule has 0 aromatic heterocycles. The molecule has 140 valence electrons. The van der Waals surface area contributed by atoms with E-state index in [0.29, 0.717) is 23.1 Å². The van der Waals surface area contributed by atoms with Crippen LogP contribution in [0, 0.1) is 11.8 Å². The molecule has 2 aliphatic rings. The number of aliphatic imine (C=N–C) groups is 1. The van der Waals surface area contributed by atoms with Crippen molar-refractivity contribution in [3.8, 4) is 11.5 Å². The number of carbonyl (C=O) groups is 1. The fourth-order valence-corrected chi connectivity index (χ4v) is 3.79. The lowest BCUT2D eigenvalue weighted by Gasteiger charge is -2.27. The molecule has 3 rings (SSSR count). The van der Waals surface area contributed by atoms with Crippen molar-refractivity contribution in [2.45, 2.75) is 45.4 Å². The molecule has 0 amide bonds. The summed E-state index contributed by atoms with van der Waals surface area (Å²) in [6, 6.07) is 5.46. The first-order valence-corrected chi connectivity index (χ1v) is 9.39. The highest BCUT2D eigenvalue weighted by molar-refractivity contribution is 6.08. The number of cyclic esters (lactones) is 1. The van der Waals surface area contributed by atoms with Gasteiger partial charge in [-0.25, -0.2) is 9.79 Å². The number of esters is 1. The van der Waals surface area contributed by atoms with Gasteiger partial charge in [0, 0.05) is 17.5 Å². The zero-order valence-electron chi connectivity index (χ0n) is 15.8. The van der Waals surface area contributed by atoms with Crippen molar-refractivity contribution >= 4 is 17.9 Å². The van der Waals surface area contributed by atoms with Crippen molar-refractivity contribution in [1.82, 2.24) is 0 Å². The van der Waals surface area contributed by atoms with E-state index >= 15 is 0 Å². The molecule has 1 aromatic rings. The molecule has 0 N–H and O–H groups in total. The summed E-state index contributed by atoms with van der Waals surface area (Å²) in [6.45, 7) is 2.24. The minimum absolute atomic E-state index is 0.260. The van der Waals surface area contributed by atoms with E-state index in [1.54, 1.807) is 26.4 Å². The Morgan fingerprint density at radius 2 is 1.96 bits per heavy atom. The van der Waals surface area contributed by atoms with Gasteiger partial charge in [-0.3, -0.25) is 0 Å². The van der Waals surface area contributed by atoms with Gasteiger partial charge in [0.15, 0.2) is 5.70 Å². The molecule has 5 nitrogen and oxygen atoms in total. The van der Waals surface area contributed by atoms with Crippen LogP contribution in [0.3, 0.4) is 0 Å². The first-order chi connectivity index (χ1) is 12.6. The molecule has 1 aromatic carbocycles. The number of methoxy groups -OCH3 is 2. The summed E-state index contributed by atoms with van der Waals surface area (Å²) in [7, 11) is 3.19. The Labute approximate surface area is 155 Å². The van der Waals surface area contributed by atoms with Crippen molar-refractivity contribution in [3.05, 3.63) is 29.5 Å². The van der Waals surface area contributed by atoms with Gasteiger partial charge in [0.1, 0.15) is 11.5 Å². The molecule has 1 saturated carbocycles. The Hall–Kier alpha value is -2.30. The SMILES string of the molecule is CCCC1CCC(C2=N/C(=C/c3ccc(OC)cc3OC)C(=O)O2)CC1. The minimum atomic E-state index is -0.381. The van der Waals surface area contributed by atoms with Gasteiger partial charge in [-0.15, -0.1) is 0 Å². The molecule has 0 atom stereocenters. The number of carbonyl (C=O) groups excluding carboxylic acids is 1. The Morgan fingerprint density at radius 1 is 1.19 bits per heavy atom. The summed E-state index contributed by atoms with van der Waals surface area (Å²) >= 11 is 0. The average Bonchev–Trinajstić information content (AvgIpc) is 3.03. The third-order valence-electron chi connectivity index (χ3n) is 5.26. The smallest absolute Gasteiger partial charge is 0.363 e. The van der Waals surface area contributed by atoms with Crippen molar-refractivity contribution in [3.63, 3.8) is 0 Å². The van der Waals surface area contributed by atoms with Gasteiger partial charge in [0.2, 0.25) is 5.90 Å². The molecular weight excluding hydrogens is 330 g/mol. The lowest BCUT2D eigenvalue weighted by molar-refractivity contribution is -0.130. The van der Waals surface area contributed by atoms with E-state index in [1.165, 1.54) is 25.7 Å². The summed E-state index contributed by atoms with van der Waals surface area (Å²) < 4.78 is 16.1. The molecule has 0 unspecified atom stereocenters. The lowest BCUT2D eigenvalue weighted by atomic mass is 9.80. The Morgan fingerprint density at radius 3 is 2.62 bits per heavy atom. The maximum Gasteiger partial charge on any atom is 0.363 e. The predicted octanol–water partition coefficient (Wildman–Crippen LogP) is 4.61. The average molecular weight is 357 g/mol. The molecule has 1 fully saturated rings. The van der Waals surface area contributed by atoms with Gasteiger partial charge in [0.05, 0.1) is 14.2 Å². The van der Waals surface area contributed by atoms with Crippen LogP contribution < -0.4 is 9.47 Å². The van der Waals surface area contributed by atoms with Crippen molar-refractivity contribution < 1.29 is 19.0 Å². The van der Waals surface area contributed by atoms with E-state index in [4.69, 9.17) is 14.2 Å². The van der Waals surface area contributed by atoms with Gasteiger partial charge in [-0.05, 0) is 49.8 Å². The first kappa shape index (κ1) is 18.5. The van der Waals surface area contributed by atoms with Gasteiger partial charge in [-0.2, -0.15) is 0 Å². The fourth-order valence-electron chi connectivity index (χ4n) is 3.79. The van der Waals surface area contributed by atoms with E-state index in [-0.39, 0.29) is 11.9 Å². The molecule has 1 heterocycles. The quantitative estimate of drug-likeness (QED) is 0.551. The molecule has 26 heavy (non-hydrogen) atoms. The Kier molecular flexibility index (Phi) is 5.96. The van der Waals surface area contributed by atoms with Crippen LogP contribution in [0.4, 0.5) is 0 Å². The molecule has 1 aliphatic heterocycles. The second-order valence-corrected chi connectivity index (χ2v) is 6.98. The Balaban J connectivity index is 1.75. The van der Waals surface area contributed by atoms with Crippen LogP contribution in [-0.4, -0.2) is 26.1 Å². The van der Waals surface area contributed by atoms with Crippen molar-refractivity contribution in [1.29, 1.82) is 0 Å². The highest BCUT2D eigenvalue weighted by Crippen LogP contribution is 2.35.